The van der Waals surface area contributed by atoms with Crippen LogP contribution in [-0.4, -0.2) is 29.9 Å². The van der Waals surface area contributed by atoms with Crippen molar-refractivity contribution in [1.82, 2.24) is 4.90 Å². The predicted octanol–water partition coefficient (Wildman–Crippen LogP) is 5.31. The Kier molecular flexibility index (Phi) is 6.06. The van der Waals surface area contributed by atoms with Crippen LogP contribution in [0.2, 0.25) is 0 Å². The van der Waals surface area contributed by atoms with Crippen LogP contribution in [0.25, 0.3) is 0 Å². The molecular weight excluding hydrogens is 356 g/mol. The van der Waals surface area contributed by atoms with Crippen LogP contribution in [-0.2, 0) is 6.54 Å². The lowest BCUT2D eigenvalue weighted by Crippen LogP contribution is -2.47. The summed E-state index contributed by atoms with van der Waals surface area (Å²) in [6.07, 6.45) is 1.97. The van der Waals surface area contributed by atoms with E-state index in [0.717, 1.165) is 43.7 Å². The normalized spacial score (nSPS) is 15.2. The summed E-state index contributed by atoms with van der Waals surface area (Å²) in [6.45, 7) is 5.11. The number of piperidine rings is 1. The Bertz CT molecular complexity index is 914. The standard InChI is InChI=1S/C26H28N2O/c1-21-12-14-22(15-13-21)20-27-18-16-25(17-19-27)28(24-10-6-3-7-11-24)26(29)23-8-4-2-5-9-23/h2-15,25H,16-20H2,1H3. The first kappa shape index (κ1) is 19.4. The number of anilines is 1. The molecule has 0 spiro atoms. The van der Waals surface area contributed by atoms with Crippen molar-refractivity contribution in [2.75, 3.05) is 18.0 Å². The average molecular weight is 385 g/mol. The highest BCUT2D eigenvalue weighted by molar-refractivity contribution is 6.06. The van der Waals surface area contributed by atoms with Crippen molar-refractivity contribution in [1.29, 1.82) is 0 Å². The van der Waals surface area contributed by atoms with E-state index in [4.69, 9.17) is 0 Å². The van der Waals surface area contributed by atoms with Gasteiger partial charge in [-0.25, -0.2) is 0 Å². The van der Waals surface area contributed by atoms with E-state index in [0.29, 0.717) is 0 Å². The number of aryl methyl sites for hydroxylation is 1. The molecular formula is C26H28N2O. The lowest BCUT2D eigenvalue weighted by atomic mass is 10.00. The van der Waals surface area contributed by atoms with Gasteiger partial charge in [0.1, 0.15) is 0 Å². The number of amides is 1. The molecule has 0 saturated carbocycles. The van der Waals surface area contributed by atoms with Crippen LogP contribution in [0.4, 0.5) is 5.69 Å². The number of carbonyl (C=O) groups is 1. The number of carbonyl (C=O) groups excluding carboxylic acids is 1. The van der Waals surface area contributed by atoms with Crippen molar-refractivity contribution in [3.8, 4) is 0 Å². The van der Waals surface area contributed by atoms with Crippen LogP contribution in [0, 0.1) is 6.92 Å². The van der Waals surface area contributed by atoms with E-state index in [-0.39, 0.29) is 11.9 Å². The van der Waals surface area contributed by atoms with Crippen LogP contribution in [0.5, 0.6) is 0 Å². The molecule has 0 radical (unpaired) electrons. The fourth-order valence-electron chi connectivity index (χ4n) is 4.09. The third-order valence-electron chi connectivity index (χ3n) is 5.72. The highest BCUT2D eigenvalue weighted by Crippen LogP contribution is 2.26. The molecule has 0 unspecified atom stereocenters. The van der Waals surface area contributed by atoms with Gasteiger partial charge in [0.25, 0.3) is 5.91 Å². The van der Waals surface area contributed by atoms with Crippen molar-refractivity contribution in [3.05, 3.63) is 102 Å². The highest BCUT2D eigenvalue weighted by atomic mass is 16.2. The largest absolute Gasteiger partial charge is 0.305 e. The number of benzene rings is 3. The van der Waals surface area contributed by atoms with E-state index in [1.807, 2.05) is 65.6 Å². The third kappa shape index (κ3) is 4.75. The van der Waals surface area contributed by atoms with Gasteiger partial charge in [-0.3, -0.25) is 9.69 Å². The molecule has 1 fully saturated rings. The molecule has 1 heterocycles. The SMILES string of the molecule is Cc1ccc(CN2CCC(N(C(=O)c3ccccc3)c3ccccc3)CC2)cc1. The topological polar surface area (TPSA) is 23.6 Å². The van der Waals surface area contributed by atoms with Crippen molar-refractivity contribution < 1.29 is 4.79 Å². The summed E-state index contributed by atoms with van der Waals surface area (Å²) in [7, 11) is 0. The van der Waals surface area contributed by atoms with Gasteiger partial charge in [0.05, 0.1) is 0 Å². The molecule has 1 aliphatic rings. The minimum atomic E-state index is 0.0915. The lowest BCUT2D eigenvalue weighted by Gasteiger charge is -2.38. The van der Waals surface area contributed by atoms with Gasteiger partial charge in [-0.1, -0.05) is 66.2 Å². The van der Waals surface area contributed by atoms with Gasteiger partial charge in [0.2, 0.25) is 0 Å². The summed E-state index contributed by atoms with van der Waals surface area (Å²) >= 11 is 0. The first-order valence-electron chi connectivity index (χ1n) is 10.4. The number of rotatable bonds is 5. The van der Waals surface area contributed by atoms with Gasteiger partial charge in [-0.15, -0.1) is 0 Å². The van der Waals surface area contributed by atoms with Crippen molar-refractivity contribution in [2.45, 2.75) is 32.4 Å². The molecule has 1 aliphatic heterocycles. The second-order valence-corrected chi connectivity index (χ2v) is 7.87. The molecule has 0 aliphatic carbocycles. The van der Waals surface area contributed by atoms with Gasteiger partial charge in [0.15, 0.2) is 0 Å². The molecule has 0 bridgehead atoms. The third-order valence-corrected chi connectivity index (χ3v) is 5.72. The Hall–Kier alpha value is -2.91. The molecule has 3 heteroatoms. The van der Waals surface area contributed by atoms with E-state index in [1.165, 1.54) is 11.1 Å². The van der Waals surface area contributed by atoms with Crippen LogP contribution < -0.4 is 4.90 Å². The molecule has 1 amide bonds. The fraction of sp³-hybridized carbons (Fsp3) is 0.269. The van der Waals surface area contributed by atoms with Gasteiger partial charge in [-0.05, 0) is 49.6 Å². The molecule has 0 N–H and O–H groups in total. The Labute approximate surface area is 173 Å². The number of para-hydroxylation sites is 1. The molecule has 29 heavy (non-hydrogen) atoms. The maximum Gasteiger partial charge on any atom is 0.258 e. The van der Waals surface area contributed by atoms with Gasteiger partial charge in [0, 0.05) is 36.9 Å². The Morgan fingerprint density at radius 2 is 1.45 bits per heavy atom. The van der Waals surface area contributed by atoms with E-state index in [2.05, 4.69) is 36.1 Å². The number of likely N-dealkylation sites (tertiary alicyclic amines) is 1. The van der Waals surface area contributed by atoms with Crippen LogP contribution >= 0.6 is 0 Å². The molecule has 0 aromatic heterocycles. The summed E-state index contributed by atoms with van der Waals surface area (Å²) in [5.74, 6) is 0.0915. The number of hydrogen-bond donors (Lipinski definition) is 0. The molecule has 1 saturated heterocycles. The molecule has 3 aromatic rings. The van der Waals surface area contributed by atoms with E-state index in [1.54, 1.807) is 0 Å². The van der Waals surface area contributed by atoms with E-state index >= 15 is 0 Å². The quantitative estimate of drug-likeness (QED) is 0.595. The average Bonchev–Trinajstić information content (AvgIpc) is 2.78. The summed E-state index contributed by atoms with van der Waals surface area (Å²) in [5, 5.41) is 0. The maximum absolute atomic E-state index is 13.4. The van der Waals surface area contributed by atoms with Crippen molar-refractivity contribution >= 4 is 11.6 Å². The highest BCUT2D eigenvalue weighted by Gasteiger charge is 2.29. The van der Waals surface area contributed by atoms with Crippen LogP contribution in [0.3, 0.4) is 0 Å². The second kappa shape index (κ2) is 9.06. The van der Waals surface area contributed by atoms with Crippen molar-refractivity contribution in [2.24, 2.45) is 0 Å². The lowest BCUT2D eigenvalue weighted by molar-refractivity contribution is 0.0958. The maximum atomic E-state index is 13.4. The van der Waals surface area contributed by atoms with E-state index < -0.39 is 0 Å². The number of hydrogen-bond acceptors (Lipinski definition) is 2. The van der Waals surface area contributed by atoms with Gasteiger partial charge >= 0.3 is 0 Å². The Balaban J connectivity index is 1.48. The zero-order valence-electron chi connectivity index (χ0n) is 17.0. The number of nitrogens with zero attached hydrogens (tertiary/aromatic N) is 2. The fourth-order valence-corrected chi connectivity index (χ4v) is 4.09. The van der Waals surface area contributed by atoms with E-state index in [9.17, 15) is 4.79 Å². The zero-order chi connectivity index (χ0) is 20.1. The first-order chi connectivity index (χ1) is 14.2. The predicted molar refractivity (Wildman–Crippen MR) is 119 cm³/mol. The zero-order valence-corrected chi connectivity index (χ0v) is 17.0. The monoisotopic (exact) mass is 384 g/mol. The molecule has 3 nitrogen and oxygen atoms in total. The molecule has 3 aromatic carbocycles. The molecule has 148 valence electrons. The summed E-state index contributed by atoms with van der Waals surface area (Å²) in [4.78, 5) is 17.9. The summed E-state index contributed by atoms with van der Waals surface area (Å²) in [5.41, 5.74) is 4.39. The second-order valence-electron chi connectivity index (χ2n) is 7.87. The molecule has 4 rings (SSSR count). The van der Waals surface area contributed by atoms with Gasteiger partial charge in [-0.2, -0.15) is 0 Å². The van der Waals surface area contributed by atoms with Crippen molar-refractivity contribution in [3.63, 3.8) is 0 Å². The first-order valence-corrected chi connectivity index (χ1v) is 10.4. The Morgan fingerprint density at radius 1 is 0.862 bits per heavy atom. The minimum absolute atomic E-state index is 0.0915. The Morgan fingerprint density at radius 3 is 2.07 bits per heavy atom. The van der Waals surface area contributed by atoms with Crippen LogP contribution in [0.1, 0.15) is 34.3 Å². The molecule has 0 atom stereocenters. The minimum Gasteiger partial charge on any atom is -0.305 e. The summed E-state index contributed by atoms with van der Waals surface area (Å²) < 4.78 is 0. The van der Waals surface area contributed by atoms with Gasteiger partial charge < -0.3 is 4.90 Å². The summed E-state index contributed by atoms with van der Waals surface area (Å²) in [6, 6.07) is 28.7. The smallest absolute Gasteiger partial charge is 0.258 e. The van der Waals surface area contributed by atoms with Crippen LogP contribution in [0.15, 0.2) is 84.9 Å².